The number of ether oxygens (including phenoxy) is 2. The Morgan fingerprint density at radius 2 is 1.81 bits per heavy atom. The maximum Gasteiger partial charge on any atom is 0.261 e. The monoisotopic (exact) mass is 433 g/mol. The summed E-state index contributed by atoms with van der Waals surface area (Å²) in [5, 5.41) is 13.8. The van der Waals surface area contributed by atoms with Crippen LogP contribution in [0.3, 0.4) is 0 Å². The molecule has 1 fully saturated rings. The normalized spacial score (nSPS) is 13.9. The Morgan fingerprint density at radius 3 is 2.41 bits per heavy atom. The number of aliphatic hydroxyl groups is 1. The van der Waals surface area contributed by atoms with Gasteiger partial charge in [0.1, 0.15) is 23.4 Å². The standard InChI is InChI=1S/C23H23N5O4/c1-26-10-15(9-25-26)14-4-5-19-18(6-14)24-13-28(19)16-7-20(31-2)22(21(8-16)32-3)23(30)27-11-17(29)12-27/h4-10,13,17,29H,11-12H2,1-3H3. The Balaban J connectivity index is 1.56. The lowest BCUT2D eigenvalue weighted by molar-refractivity contribution is 0.00550. The van der Waals surface area contributed by atoms with Gasteiger partial charge in [0.25, 0.3) is 5.91 Å². The van der Waals surface area contributed by atoms with Crippen molar-refractivity contribution in [3.05, 3.63) is 54.6 Å². The lowest BCUT2D eigenvalue weighted by Crippen LogP contribution is -2.53. The number of hydrogen-bond donors (Lipinski definition) is 1. The zero-order chi connectivity index (χ0) is 22.4. The van der Waals surface area contributed by atoms with E-state index in [-0.39, 0.29) is 5.91 Å². The van der Waals surface area contributed by atoms with Gasteiger partial charge in [-0.2, -0.15) is 5.10 Å². The summed E-state index contributed by atoms with van der Waals surface area (Å²) in [6, 6.07) is 9.64. The predicted molar refractivity (Wildman–Crippen MR) is 118 cm³/mol. The number of rotatable bonds is 5. The molecule has 1 saturated heterocycles. The van der Waals surface area contributed by atoms with Crippen molar-refractivity contribution in [2.24, 2.45) is 7.05 Å². The van der Waals surface area contributed by atoms with Gasteiger partial charge in [0, 0.05) is 44.0 Å². The fourth-order valence-electron chi connectivity index (χ4n) is 4.00. The third-order valence-corrected chi connectivity index (χ3v) is 5.72. The molecule has 0 spiro atoms. The minimum atomic E-state index is -0.482. The molecule has 0 aliphatic carbocycles. The van der Waals surface area contributed by atoms with Crippen molar-refractivity contribution in [3.63, 3.8) is 0 Å². The highest BCUT2D eigenvalue weighted by atomic mass is 16.5. The molecule has 9 nitrogen and oxygen atoms in total. The highest BCUT2D eigenvalue weighted by Gasteiger charge is 2.33. The third-order valence-electron chi connectivity index (χ3n) is 5.72. The number of carbonyl (C=O) groups is 1. The van der Waals surface area contributed by atoms with Crippen LogP contribution < -0.4 is 9.47 Å². The van der Waals surface area contributed by atoms with E-state index in [0.717, 1.165) is 27.8 Å². The van der Waals surface area contributed by atoms with E-state index in [1.807, 2.05) is 42.2 Å². The molecule has 164 valence electrons. The van der Waals surface area contributed by atoms with Crippen molar-refractivity contribution in [1.29, 1.82) is 0 Å². The van der Waals surface area contributed by atoms with Crippen LogP contribution in [-0.4, -0.2) is 68.7 Å². The maximum absolute atomic E-state index is 12.9. The van der Waals surface area contributed by atoms with E-state index in [1.165, 1.54) is 14.2 Å². The second-order valence-electron chi connectivity index (χ2n) is 7.81. The van der Waals surface area contributed by atoms with Gasteiger partial charge in [-0.1, -0.05) is 6.07 Å². The molecule has 3 heterocycles. The average Bonchev–Trinajstić information content (AvgIpc) is 3.41. The number of aliphatic hydroxyl groups excluding tert-OH is 1. The van der Waals surface area contributed by atoms with Gasteiger partial charge in [-0.3, -0.25) is 14.0 Å². The fraction of sp³-hybridized carbons (Fsp3) is 0.261. The number of fused-ring (bicyclic) bond motifs is 1. The predicted octanol–water partition coefficient (Wildman–Crippen LogP) is 2.26. The maximum atomic E-state index is 12.9. The summed E-state index contributed by atoms with van der Waals surface area (Å²) in [5.41, 5.74) is 4.89. The van der Waals surface area contributed by atoms with Crippen LogP contribution >= 0.6 is 0 Å². The van der Waals surface area contributed by atoms with Gasteiger partial charge in [-0.15, -0.1) is 0 Å². The van der Waals surface area contributed by atoms with Crippen LogP contribution in [0, 0.1) is 0 Å². The molecule has 0 bridgehead atoms. The number of β-amino-alcohol motifs (C(OH)–C–C–N with tert-alkyl or cyclic N) is 1. The number of aryl methyl sites for hydroxylation is 1. The molecule has 2 aromatic heterocycles. The molecule has 9 heteroatoms. The van der Waals surface area contributed by atoms with Crippen LogP contribution in [-0.2, 0) is 7.05 Å². The summed E-state index contributed by atoms with van der Waals surface area (Å²) >= 11 is 0. The molecule has 2 aromatic carbocycles. The summed E-state index contributed by atoms with van der Waals surface area (Å²) in [6.45, 7) is 0.608. The lowest BCUT2D eigenvalue weighted by atomic mass is 10.1. The molecular weight excluding hydrogens is 410 g/mol. The average molecular weight is 433 g/mol. The Hall–Kier alpha value is -3.85. The van der Waals surface area contributed by atoms with Gasteiger partial charge in [-0.05, 0) is 17.7 Å². The first-order chi connectivity index (χ1) is 15.5. The second-order valence-corrected chi connectivity index (χ2v) is 7.81. The van der Waals surface area contributed by atoms with E-state index < -0.39 is 6.10 Å². The number of benzene rings is 2. The lowest BCUT2D eigenvalue weighted by Gasteiger charge is -2.36. The molecule has 0 unspecified atom stereocenters. The van der Waals surface area contributed by atoms with Gasteiger partial charge in [0.15, 0.2) is 0 Å². The smallest absolute Gasteiger partial charge is 0.261 e. The van der Waals surface area contributed by atoms with Gasteiger partial charge in [-0.25, -0.2) is 4.98 Å². The molecule has 1 N–H and O–H groups in total. The molecule has 1 aliphatic heterocycles. The van der Waals surface area contributed by atoms with Gasteiger partial charge >= 0.3 is 0 Å². The van der Waals surface area contributed by atoms with Crippen LogP contribution in [0.1, 0.15) is 10.4 Å². The van der Waals surface area contributed by atoms with E-state index in [0.29, 0.717) is 30.2 Å². The van der Waals surface area contributed by atoms with Gasteiger partial charge < -0.3 is 19.5 Å². The van der Waals surface area contributed by atoms with Crippen molar-refractivity contribution in [2.75, 3.05) is 27.3 Å². The topological polar surface area (TPSA) is 94.6 Å². The number of hydrogen-bond acceptors (Lipinski definition) is 6. The SMILES string of the molecule is COc1cc(-n2cnc3cc(-c4cnn(C)c4)ccc32)cc(OC)c1C(=O)N1CC(O)C1. The zero-order valence-electron chi connectivity index (χ0n) is 18.0. The van der Waals surface area contributed by atoms with Gasteiger partial charge in [0.05, 0.1) is 43.2 Å². The highest BCUT2D eigenvalue weighted by Crippen LogP contribution is 2.35. The molecule has 1 amide bonds. The molecule has 4 aromatic rings. The summed E-state index contributed by atoms with van der Waals surface area (Å²) in [4.78, 5) is 19.1. The molecule has 0 atom stereocenters. The first-order valence-electron chi connectivity index (χ1n) is 10.2. The first-order valence-corrected chi connectivity index (χ1v) is 10.2. The Kier molecular flexibility index (Phi) is 4.82. The van der Waals surface area contributed by atoms with Crippen molar-refractivity contribution in [1.82, 2.24) is 24.2 Å². The van der Waals surface area contributed by atoms with E-state index >= 15 is 0 Å². The summed E-state index contributed by atoms with van der Waals surface area (Å²) in [7, 11) is 4.93. The number of likely N-dealkylation sites (tertiary alicyclic amines) is 1. The molecule has 32 heavy (non-hydrogen) atoms. The number of carbonyl (C=O) groups excluding carboxylic acids is 1. The van der Waals surface area contributed by atoms with E-state index in [9.17, 15) is 9.90 Å². The quantitative estimate of drug-likeness (QED) is 0.519. The van der Waals surface area contributed by atoms with E-state index in [4.69, 9.17) is 9.47 Å². The number of amides is 1. The minimum Gasteiger partial charge on any atom is -0.496 e. The number of aromatic nitrogens is 4. The van der Waals surface area contributed by atoms with E-state index in [2.05, 4.69) is 10.1 Å². The summed E-state index contributed by atoms with van der Waals surface area (Å²) in [5.74, 6) is 0.575. The Bertz CT molecular complexity index is 1290. The van der Waals surface area contributed by atoms with Gasteiger partial charge in [0.2, 0.25) is 0 Å². The third kappa shape index (κ3) is 3.27. The molecular formula is C23H23N5O4. The van der Waals surface area contributed by atoms with Crippen LogP contribution in [0.5, 0.6) is 11.5 Å². The van der Waals surface area contributed by atoms with Crippen molar-refractivity contribution in [3.8, 4) is 28.3 Å². The fourth-order valence-corrected chi connectivity index (χ4v) is 4.00. The van der Waals surface area contributed by atoms with Crippen LogP contribution in [0.25, 0.3) is 27.8 Å². The number of imidazole rings is 1. The largest absolute Gasteiger partial charge is 0.496 e. The summed E-state index contributed by atoms with van der Waals surface area (Å²) in [6.07, 6.45) is 5.03. The number of nitrogens with zero attached hydrogens (tertiary/aromatic N) is 5. The number of methoxy groups -OCH3 is 2. The molecule has 5 rings (SSSR count). The minimum absolute atomic E-state index is 0.229. The molecule has 0 saturated carbocycles. The van der Waals surface area contributed by atoms with Crippen molar-refractivity contribution in [2.45, 2.75) is 6.10 Å². The highest BCUT2D eigenvalue weighted by molar-refractivity contribution is 6.00. The van der Waals surface area contributed by atoms with Crippen LogP contribution in [0.2, 0.25) is 0 Å². The van der Waals surface area contributed by atoms with Crippen molar-refractivity contribution >= 4 is 16.9 Å². The van der Waals surface area contributed by atoms with Crippen molar-refractivity contribution < 1.29 is 19.4 Å². The Labute approximate surface area is 184 Å². The van der Waals surface area contributed by atoms with Crippen LogP contribution in [0.4, 0.5) is 0 Å². The van der Waals surface area contributed by atoms with Crippen LogP contribution in [0.15, 0.2) is 49.1 Å². The zero-order valence-corrected chi connectivity index (χ0v) is 18.0. The first kappa shape index (κ1) is 20.1. The second kappa shape index (κ2) is 7.69. The van der Waals surface area contributed by atoms with E-state index in [1.54, 1.807) is 28.0 Å². The Morgan fingerprint density at radius 1 is 1.09 bits per heavy atom. The molecule has 1 aliphatic rings. The molecule has 0 radical (unpaired) electrons. The summed E-state index contributed by atoms with van der Waals surface area (Å²) < 4.78 is 14.8.